The third-order valence-electron chi connectivity index (χ3n) is 6.44. The van der Waals surface area contributed by atoms with E-state index < -0.39 is 45.2 Å². The highest BCUT2D eigenvalue weighted by Crippen LogP contribution is 2.28. The summed E-state index contributed by atoms with van der Waals surface area (Å²) >= 11 is 0. The Bertz CT molecular complexity index is 1480. The largest absolute Gasteiger partial charge is 0.354 e. The number of rotatable bonds is 13. The summed E-state index contributed by atoms with van der Waals surface area (Å²) in [5.74, 6) is -1.61. The summed E-state index contributed by atoms with van der Waals surface area (Å²) in [6.07, 6.45) is 1.69. The van der Waals surface area contributed by atoms with Crippen LogP contribution >= 0.6 is 0 Å². The van der Waals surface area contributed by atoms with E-state index in [1.54, 1.807) is 19.1 Å². The van der Waals surface area contributed by atoms with Crippen molar-refractivity contribution in [2.24, 2.45) is 0 Å². The van der Waals surface area contributed by atoms with Crippen molar-refractivity contribution in [3.63, 3.8) is 0 Å². The summed E-state index contributed by atoms with van der Waals surface area (Å²) in [6.45, 7) is 3.01. The molecule has 10 nitrogen and oxygen atoms in total. The lowest BCUT2D eigenvalue weighted by atomic mass is 10.0. The predicted molar refractivity (Wildman–Crippen MR) is 154 cm³/mol. The number of carbonyl (C=O) groups excluding carboxylic acids is 2. The molecule has 2 amide bonds. The number of nitrogens with one attached hydrogen (secondary N) is 1. The smallest absolute Gasteiger partial charge is 0.271 e. The molecule has 0 unspecified atom stereocenters. The number of anilines is 1. The molecule has 0 radical (unpaired) electrons. The summed E-state index contributed by atoms with van der Waals surface area (Å²) in [4.78, 5) is 39.5. The molecule has 0 fully saturated rings. The van der Waals surface area contributed by atoms with Crippen LogP contribution in [0.2, 0.25) is 0 Å². The number of aryl methyl sites for hydroxylation is 1. The highest BCUT2D eigenvalue weighted by Gasteiger charge is 2.33. The van der Waals surface area contributed by atoms with Crippen LogP contribution < -0.4 is 9.62 Å². The normalized spacial score (nSPS) is 11.9. The van der Waals surface area contributed by atoms with Gasteiger partial charge in [-0.1, -0.05) is 55.5 Å². The van der Waals surface area contributed by atoms with Crippen molar-refractivity contribution in [1.82, 2.24) is 10.2 Å². The Morgan fingerprint density at radius 3 is 2.27 bits per heavy atom. The van der Waals surface area contributed by atoms with E-state index in [0.717, 1.165) is 22.2 Å². The van der Waals surface area contributed by atoms with Crippen LogP contribution in [0.5, 0.6) is 0 Å². The molecule has 41 heavy (non-hydrogen) atoms. The van der Waals surface area contributed by atoms with Crippen molar-refractivity contribution in [2.45, 2.75) is 39.3 Å². The molecule has 218 valence electrons. The maximum absolute atomic E-state index is 14.0. The van der Waals surface area contributed by atoms with Gasteiger partial charge in [0.2, 0.25) is 21.8 Å². The first kappa shape index (κ1) is 31.2. The van der Waals surface area contributed by atoms with Gasteiger partial charge in [0.15, 0.2) is 0 Å². The first-order chi connectivity index (χ1) is 19.4. The summed E-state index contributed by atoms with van der Waals surface area (Å²) < 4.78 is 40.3. The van der Waals surface area contributed by atoms with Crippen LogP contribution in [0.3, 0.4) is 0 Å². The number of nitrogens with zero attached hydrogens (tertiary/aromatic N) is 3. The lowest BCUT2D eigenvalue weighted by Crippen LogP contribution is -2.53. The van der Waals surface area contributed by atoms with Crippen LogP contribution in [-0.4, -0.2) is 55.4 Å². The second kappa shape index (κ2) is 13.8. The zero-order valence-corrected chi connectivity index (χ0v) is 23.9. The van der Waals surface area contributed by atoms with Gasteiger partial charge in [-0.05, 0) is 42.2 Å². The molecule has 1 atom stereocenters. The molecule has 0 aliphatic carbocycles. The monoisotopic (exact) mass is 584 g/mol. The number of amides is 2. The fourth-order valence-corrected chi connectivity index (χ4v) is 5.18. The van der Waals surface area contributed by atoms with Crippen LogP contribution in [0.1, 0.15) is 30.0 Å². The molecule has 3 rings (SSSR count). The molecule has 0 saturated carbocycles. The van der Waals surface area contributed by atoms with E-state index in [4.69, 9.17) is 0 Å². The molecule has 0 aromatic heterocycles. The van der Waals surface area contributed by atoms with Gasteiger partial charge in [0, 0.05) is 31.6 Å². The van der Waals surface area contributed by atoms with Crippen LogP contribution in [0.4, 0.5) is 15.8 Å². The molecular weight excluding hydrogens is 551 g/mol. The summed E-state index contributed by atoms with van der Waals surface area (Å²) in [7, 11) is -4.10. The molecule has 0 aliphatic heterocycles. The van der Waals surface area contributed by atoms with Crippen LogP contribution in [-0.2, 0) is 32.6 Å². The standard InChI is InChI=1S/C29H33FN4O6S/c1-4-16-31-29(36)27(17-22-8-6-5-7-9-22)32(19-23-11-13-24(30)14-12-23)28(35)20-33(41(3,39)40)26-18-25(34(37)38)15-10-21(26)2/h5-15,18,27H,4,16-17,19-20H2,1-3H3,(H,31,36)/t27-/m0/s1. The van der Waals surface area contributed by atoms with Crippen molar-refractivity contribution in [3.8, 4) is 0 Å². The minimum absolute atomic E-state index is 0.0215. The molecule has 1 N–H and O–H groups in total. The first-order valence-electron chi connectivity index (χ1n) is 13.0. The topological polar surface area (TPSA) is 130 Å². The van der Waals surface area contributed by atoms with Crippen molar-refractivity contribution >= 4 is 33.2 Å². The zero-order valence-electron chi connectivity index (χ0n) is 23.1. The molecule has 3 aromatic rings. The summed E-state index contributed by atoms with van der Waals surface area (Å²) in [5, 5.41) is 14.2. The number of halogens is 1. The van der Waals surface area contributed by atoms with Gasteiger partial charge >= 0.3 is 0 Å². The number of benzene rings is 3. The van der Waals surface area contributed by atoms with Crippen LogP contribution in [0.25, 0.3) is 0 Å². The highest BCUT2D eigenvalue weighted by molar-refractivity contribution is 7.92. The molecule has 3 aromatic carbocycles. The quantitative estimate of drug-likeness (QED) is 0.239. The first-order valence-corrected chi connectivity index (χ1v) is 14.8. The average Bonchev–Trinajstić information content (AvgIpc) is 2.93. The second-order valence-corrected chi connectivity index (χ2v) is 11.5. The van der Waals surface area contributed by atoms with E-state index in [0.29, 0.717) is 24.1 Å². The third kappa shape index (κ3) is 8.58. The van der Waals surface area contributed by atoms with Gasteiger partial charge in [-0.2, -0.15) is 0 Å². The van der Waals surface area contributed by atoms with Crippen molar-refractivity contribution in [1.29, 1.82) is 0 Å². The van der Waals surface area contributed by atoms with Gasteiger partial charge in [0.1, 0.15) is 18.4 Å². The lowest BCUT2D eigenvalue weighted by Gasteiger charge is -2.33. The predicted octanol–water partition coefficient (Wildman–Crippen LogP) is 3.97. The number of carbonyl (C=O) groups is 2. The molecule has 0 heterocycles. The number of nitro benzene ring substituents is 1. The Morgan fingerprint density at radius 2 is 1.68 bits per heavy atom. The molecule has 0 saturated heterocycles. The molecule has 0 spiro atoms. The van der Waals surface area contributed by atoms with E-state index in [9.17, 15) is 32.5 Å². The number of hydrogen-bond donors (Lipinski definition) is 1. The Hall–Kier alpha value is -4.32. The second-order valence-electron chi connectivity index (χ2n) is 9.64. The fraction of sp³-hybridized carbons (Fsp3) is 0.310. The number of nitro groups is 1. The number of hydrogen-bond acceptors (Lipinski definition) is 6. The van der Waals surface area contributed by atoms with Crippen molar-refractivity contribution < 1.29 is 27.3 Å². The zero-order chi connectivity index (χ0) is 30.2. The van der Waals surface area contributed by atoms with Gasteiger partial charge in [-0.15, -0.1) is 0 Å². The Morgan fingerprint density at radius 1 is 1.02 bits per heavy atom. The van der Waals surface area contributed by atoms with E-state index in [-0.39, 0.29) is 24.3 Å². The Labute approximate surface area is 239 Å². The fourth-order valence-electron chi connectivity index (χ4n) is 4.28. The third-order valence-corrected chi connectivity index (χ3v) is 7.56. The van der Waals surface area contributed by atoms with Crippen LogP contribution in [0, 0.1) is 22.9 Å². The highest BCUT2D eigenvalue weighted by atomic mass is 32.2. The van der Waals surface area contributed by atoms with Gasteiger partial charge in [0.25, 0.3) is 5.69 Å². The average molecular weight is 585 g/mol. The molecular formula is C29H33FN4O6S. The van der Waals surface area contributed by atoms with E-state index in [1.165, 1.54) is 41.3 Å². The maximum atomic E-state index is 14.0. The van der Waals surface area contributed by atoms with Crippen LogP contribution in [0.15, 0.2) is 72.8 Å². The van der Waals surface area contributed by atoms with E-state index >= 15 is 0 Å². The SMILES string of the molecule is CCCNC(=O)[C@H](Cc1ccccc1)N(Cc1ccc(F)cc1)C(=O)CN(c1cc([N+](=O)[O-])ccc1C)S(C)(=O)=O. The van der Waals surface area contributed by atoms with Gasteiger partial charge in [-0.25, -0.2) is 12.8 Å². The lowest BCUT2D eigenvalue weighted by molar-refractivity contribution is -0.384. The molecule has 0 aliphatic rings. The minimum Gasteiger partial charge on any atom is -0.354 e. The summed E-state index contributed by atoms with van der Waals surface area (Å²) in [5.41, 5.74) is 1.34. The Kier molecular flexibility index (Phi) is 10.5. The minimum atomic E-state index is -4.10. The van der Waals surface area contributed by atoms with Gasteiger partial charge in [0.05, 0.1) is 16.9 Å². The molecule has 0 bridgehead atoms. The Balaban J connectivity index is 2.09. The number of non-ortho nitro benzene ring substituents is 1. The van der Waals surface area contributed by atoms with E-state index in [2.05, 4.69) is 5.32 Å². The van der Waals surface area contributed by atoms with Gasteiger partial charge < -0.3 is 10.2 Å². The van der Waals surface area contributed by atoms with E-state index in [1.807, 2.05) is 25.1 Å². The maximum Gasteiger partial charge on any atom is 0.271 e. The van der Waals surface area contributed by atoms with Crippen molar-refractivity contribution in [3.05, 3.63) is 105 Å². The number of sulfonamides is 1. The van der Waals surface area contributed by atoms with Crippen molar-refractivity contribution in [2.75, 3.05) is 23.7 Å². The van der Waals surface area contributed by atoms with Gasteiger partial charge in [-0.3, -0.25) is 24.0 Å². The summed E-state index contributed by atoms with van der Waals surface area (Å²) in [6, 6.07) is 17.2. The molecule has 12 heteroatoms.